The lowest BCUT2D eigenvalue weighted by atomic mass is 10.0. The number of Topliss-reactive ketones (excluding diaryl/α,β-unsaturated/α-hetero) is 1. The van der Waals surface area contributed by atoms with E-state index in [0.29, 0.717) is 24.5 Å². The van der Waals surface area contributed by atoms with Crippen molar-refractivity contribution in [3.63, 3.8) is 0 Å². The van der Waals surface area contributed by atoms with Gasteiger partial charge in [0, 0.05) is 17.3 Å². The topological polar surface area (TPSA) is 67.4 Å². The van der Waals surface area contributed by atoms with Gasteiger partial charge in [-0.15, -0.1) is 0 Å². The number of hydrogen-bond donors (Lipinski definition) is 2. The Morgan fingerprint density at radius 2 is 1.95 bits per heavy atom. The predicted molar refractivity (Wildman–Crippen MR) is 76.8 cm³/mol. The predicted octanol–water partition coefficient (Wildman–Crippen LogP) is 1.45. The third-order valence-electron chi connectivity index (χ3n) is 3.44. The number of carbonyl (C=O) groups is 2. The zero-order chi connectivity index (χ0) is 14.5. The van der Waals surface area contributed by atoms with Crippen molar-refractivity contribution < 1.29 is 14.3 Å². The van der Waals surface area contributed by atoms with Crippen molar-refractivity contribution in [2.45, 2.75) is 19.9 Å². The zero-order valence-corrected chi connectivity index (χ0v) is 11.8. The van der Waals surface area contributed by atoms with E-state index in [9.17, 15) is 9.59 Å². The molecule has 0 bridgehead atoms. The quantitative estimate of drug-likeness (QED) is 0.799. The van der Waals surface area contributed by atoms with Crippen molar-refractivity contribution in [3.05, 3.63) is 29.8 Å². The van der Waals surface area contributed by atoms with Crippen molar-refractivity contribution in [3.8, 4) is 0 Å². The number of ether oxygens (including phenoxy) is 1. The van der Waals surface area contributed by atoms with Gasteiger partial charge in [0.15, 0.2) is 5.78 Å². The summed E-state index contributed by atoms with van der Waals surface area (Å²) < 4.78 is 5.36. The number of ketones is 1. The van der Waals surface area contributed by atoms with Crippen molar-refractivity contribution in [2.24, 2.45) is 5.92 Å². The molecular weight excluding hydrogens is 256 g/mol. The van der Waals surface area contributed by atoms with Crippen LogP contribution in [0.3, 0.4) is 0 Å². The Labute approximate surface area is 118 Å². The van der Waals surface area contributed by atoms with Gasteiger partial charge in [-0.05, 0) is 37.7 Å². The molecule has 1 amide bonds. The molecule has 1 aromatic rings. The fraction of sp³-hybridized carbons (Fsp3) is 0.467. The number of carbonyl (C=O) groups excluding carboxylic acids is 2. The molecular formula is C15H20N2O3. The van der Waals surface area contributed by atoms with Gasteiger partial charge in [0.2, 0.25) is 5.91 Å². The molecule has 2 atom stereocenters. The van der Waals surface area contributed by atoms with Crippen molar-refractivity contribution in [2.75, 3.05) is 25.1 Å². The lowest BCUT2D eigenvalue weighted by molar-refractivity contribution is -0.120. The number of hydrogen-bond acceptors (Lipinski definition) is 4. The van der Waals surface area contributed by atoms with E-state index in [2.05, 4.69) is 10.6 Å². The van der Waals surface area contributed by atoms with E-state index in [1.165, 1.54) is 6.92 Å². The summed E-state index contributed by atoms with van der Waals surface area (Å²) in [6.07, 6.45) is 0. The average molecular weight is 276 g/mol. The molecule has 0 spiro atoms. The third-order valence-corrected chi connectivity index (χ3v) is 3.44. The molecule has 0 radical (unpaired) electrons. The highest BCUT2D eigenvalue weighted by Crippen LogP contribution is 2.17. The summed E-state index contributed by atoms with van der Waals surface area (Å²) >= 11 is 0. The number of nitrogens with one attached hydrogen (secondary N) is 2. The van der Waals surface area contributed by atoms with Gasteiger partial charge in [-0.25, -0.2) is 0 Å². The smallest absolute Gasteiger partial charge is 0.231 e. The molecule has 5 nitrogen and oxygen atoms in total. The molecule has 1 aromatic carbocycles. The maximum Gasteiger partial charge on any atom is 0.231 e. The number of likely N-dealkylation sites (N-methyl/N-ethyl adjacent to an activating group) is 1. The Hall–Kier alpha value is -1.72. The Kier molecular flexibility index (Phi) is 4.87. The van der Waals surface area contributed by atoms with E-state index in [-0.39, 0.29) is 23.7 Å². The second-order valence-electron chi connectivity index (χ2n) is 4.93. The van der Waals surface area contributed by atoms with Gasteiger partial charge in [-0.2, -0.15) is 0 Å². The van der Waals surface area contributed by atoms with E-state index in [1.807, 2.05) is 6.92 Å². The second-order valence-corrected chi connectivity index (χ2v) is 4.93. The van der Waals surface area contributed by atoms with Crippen LogP contribution in [-0.4, -0.2) is 37.5 Å². The molecule has 0 aliphatic carbocycles. The van der Waals surface area contributed by atoms with Crippen LogP contribution in [0.4, 0.5) is 5.69 Å². The molecule has 0 saturated carbocycles. The highest BCUT2D eigenvalue weighted by molar-refractivity contribution is 5.96. The lowest BCUT2D eigenvalue weighted by Crippen LogP contribution is -2.41. The van der Waals surface area contributed by atoms with Gasteiger partial charge >= 0.3 is 0 Å². The van der Waals surface area contributed by atoms with Crippen molar-refractivity contribution >= 4 is 17.4 Å². The maximum absolute atomic E-state index is 12.2. The van der Waals surface area contributed by atoms with Crippen LogP contribution >= 0.6 is 0 Å². The molecule has 0 aromatic heterocycles. The van der Waals surface area contributed by atoms with Gasteiger partial charge in [0.05, 0.1) is 19.1 Å². The van der Waals surface area contributed by atoms with Crippen LogP contribution in [0.15, 0.2) is 24.3 Å². The second kappa shape index (κ2) is 6.63. The minimum atomic E-state index is -0.178. The van der Waals surface area contributed by atoms with Crippen LogP contribution in [-0.2, 0) is 9.53 Å². The third kappa shape index (κ3) is 3.43. The SMILES string of the molecule is CCNC1COCC1C(=O)Nc1ccc(C(C)=O)cc1. The molecule has 5 heteroatoms. The minimum Gasteiger partial charge on any atom is -0.379 e. The first-order chi connectivity index (χ1) is 9.61. The summed E-state index contributed by atoms with van der Waals surface area (Å²) in [6.45, 7) is 5.34. The molecule has 2 rings (SSSR count). The molecule has 20 heavy (non-hydrogen) atoms. The van der Waals surface area contributed by atoms with Gasteiger partial charge < -0.3 is 15.4 Å². The van der Waals surface area contributed by atoms with E-state index in [4.69, 9.17) is 4.74 Å². The standard InChI is InChI=1S/C15H20N2O3/c1-3-16-14-9-20-8-13(14)15(19)17-12-6-4-11(5-7-12)10(2)18/h4-7,13-14,16H,3,8-9H2,1-2H3,(H,17,19). The Morgan fingerprint density at radius 1 is 1.25 bits per heavy atom. The summed E-state index contributed by atoms with van der Waals surface area (Å²) in [5.41, 5.74) is 1.33. The van der Waals surface area contributed by atoms with Crippen molar-refractivity contribution in [1.29, 1.82) is 0 Å². The van der Waals surface area contributed by atoms with E-state index in [0.717, 1.165) is 6.54 Å². The minimum absolute atomic E-state index is 0.0132. The van der Waals surface area contributed by atoms with E-state index < -0.39 is 0 Å². The lowest BCUT2D eigenvalue weighted by Gasteiger charge is -2.17. The van der Waals surface area contributed by atoms with Crippen LogP contribution in [0, 0.1) is 5.92 Å². The highest BCUT2D eigenvalue weighted by atomic mass is 16.5. The first-order valence-corrected chi connectivity index (χ1v) is 6.84. The largest absolute Gasteiger partial charge is 0.379 e. The Morgan fingerprint density at radius 3 is 2.55 bits per heavy atom. The Bertz CT molecular complexity index is 484. The first kappa shape index (κ1) is 14.7. The fourth-order valence-corrected chi connectivity index (χ4v) is 2.30. The molecule has 1 fully saturated rings. The Balaban J connectivity index is 1.98. The molecule has 108 valence electrons. The van der Waals surface area contributed by atoms with Gasteiger partial charge in [-0.1, -0.05) is 6.92 Å². The zero-order valence-electron chi connectivity index (χ0n) is 11.8. The summed E-state index contributed by atoms with van der Waals surface area (Å²) in [4.78, 5) is 23.4. The van der Waals surface area contributed by atoms with Gasteiger partial charge in [0.1, 0.15) is 0 Å². The molecule has 2 N–H and O–H groups in total. The highest BCUT2D eigenvalue weighted by Gasteiger charge is 2.33. The van der Waals surface area contributed by atoms with Crippen LogP contribution < -0.4 is 10.6 Å². The number of benzene rings is 1. The monoisotopic (exact) mass is 276 g/mol. The summed E-state index contributed by atoms with van der Waals surface area (Å²) in [5, 5.41) is 6.12. The average Bonchev–Trinajstić information content (AvgIpc) is 2.88. The van der Waals surface area contributed by atoms with Crippen molar-refractivity contribution in [1.82, 2.24) is 5.32 Å². The van der Waals surface area contributed by atoms with E-state index in [1.54, 1.807) is 24.3 Å². The van der Waals surface area contributed by atoms with Crippen LogP contribution in [0.2, 0.25) is 0 Å². The molecule has 1 aliphatic rings. The summed E-state index contributed by atoms with van der Waals surface area (Å²) in [6, 6.07) is 6.98. The molecule has 1 aliphatic heterocycles. The summed E-state index contributed by atoms with van der Waals surface area (Å²) in [5.74, 6) is -0.217. The van der Waals surface area contributed by atoms with Gasteiger partial charge in [0.25, 0.3) is 0 Å². The summed E-state index contributed by atoms with van der Waals surface area (Å²) in [7, 11) is 0. The fourth-order valence-electron chi connectivity index (χ4n) is 2.30. The first-order valence-electron chi connectivity index (χ1n) is 6.84. The normalized spacial score (nSPS) is 21.7. The molecule has 1 saturated heterocycles. The maximum atomic E-state index is 12.2. The number of anilines is 1. The van der Waals surface area contributed by atoms with Crippen LogP contribution in [0.1, 0.15) is 24.2 Å². The van der Waals surface area contributed by atoms with Gasteiger partial charge in [-0.3, -0.25) is 9.59 Å². The van der Waals surface area contributed by atoms with Crippen LogP contribution in [0.25, 0.3) is 0 Å². The van der Waals surface area contributed by atoms with Crippen LogP contribution in [0.5, 0.6) is 0 Å². The number of amides is 1. The van der Waals surface area contributed by atoms with E-state index >= 15 is 0 Å². The molecule has 1 heterocycles. The number of rotatable bonds is 5. The molecule has 2 unspecified atom stereocenters.